The molecule has 0 aliphatic carbocycles. The fraction of sp³-hybridized carbons (Fsp3) is 0.118. The number of rotatable bonds is 7. The first-order valence-corrected chi connectivity index (χ1v) is 9.32. The lowest BCUT2D eigenvalue weighted by molar-refractivity contribution is -0.389. The first-order valence-electron chi connectivity index (χ1n) is 8.57. The van der Waals surface area contributed by atoms with Crippen molar-refractivity contribution in [1.82, 2.24) is 15.0 Å². The van der Waals surface area contributed by atoms with Crippen molar-refractivity contribution < 1.29 is 9.85 Å². The predicted octanol–water partition coefficient (Wildman–Crippen LogP) is 3.48. The minimum Gasteiger partial charge on any atom is -0.393 e. The molecule has 14 heteroatoms. The summed E-state index contributed by atoms with van der Waals surface area (Å²) in [5.41, 5.74) is 11.5. The van der Waals surface area contributed by atoms with Crippen LogP contribution in [0.5, 0.6) is 0 Å². The molecule has 0 fully saturated rings. The number of nitrogen functional groups attached to an aromatic ring is 2. The maximum atomic E-state index is 11.4. The second-order valence-corrected chi connectivity index (χ2v) is 7.02. The number of nitrogens with zero attached hydrogens (tertiary/aromatic N) is 5. The summed E-state index contributed by atoms with van der Waals surface area (Å²) in [5, 5.41) is 25.9. The number of hydrogen-bond acceptors (Lipinski definition) is 10. The van der Waals surface area contributed by atoms with Crippen molar-refractivity contribution in [3.8, 4) is 11.3 Å². The summed E-state index contributed by atoms with van der Waals surface area (Å²) in [6.07, 6.45) is 2.79. The third-order valence-corrected chi connectivity index (χ3v) is 4.75. The molecular formula is C17H14Cl2N8O4. The van der Waals surface area contributed by atoms with Crippen LogP contribution < -0.4 is 16.8 Å². The number of aromatic nitrogens is 3. The van der Waals surface area contributed by atoms with Crippen molar-refractivity contribution in [3.63, 3.8) is 0 Å². The molecule has 0 amide bonds. The molecule has 0 saturated carbocycles. The van der Waals surface area contributed by atoms with E-state index < -0.39 is 21.4 Å². The lowest BCUT2D eigenvalue weighted by Gasteiger charge is -2.10. The van der Waals surface area contributed by atoms with E-state index in [1.54, 1.807) is 0 Å². The number of nitrogens with one attached hydrogen (secondary N) is 1. The van der Waals surface area contributed by atoms with Gasteiger partial charge in [-0.15, -0.1) is 0 Å². The standard InChI is InChI=1S/C17H14Cl2N8O4/c18-9-1-2-10(11(19)5-9)14-17(27(30)31)24-7-12(25-14)22-4-3-8-6-23-16(21)15(13(8)20)26(28)29/h1-2,5-7H,3-4H2,(H,22,25)(H4,20,21,23). The first kappa shape index (κ1) is 21.9. The van der Waals surface area contributed by atoms with Crippen molar-refractivity contribution in [2.75, 3.05) is 23.3 Å². The summed E-state index contributed by atoms with van der Waals surface area (Å²) in [5.74, 6) is -0.523. The highest BCUT2D eigenvalue weighted by molar-refractivity contribution is 6.36. The van der Waals surface area contributed by atoms with Gasteiger partial charge in [0.1, 0.15) is 5.69 Å². The Morgan fingerprint density at radius 1 is 1.06 bits per heavy atom. The number of nitrogens with two attached hydrogens (primary N) is 2. The molecular weight excluding hydrogens is 451 g/mol. The molecule has 0 radical (unpaired) electrons. The van der Waals surface area contributed by atoms with E-state index >= 15 is 0 Å². The Morgan fingerprint density at radius 3 is 2.45 bits per heavy atom. The number of benzene rings is 1. The summed E-state index contributed by atoms with van der Waals surface area (Å²) in [7, 11) is 0. The van der Waals surface area contributed by atoms with E-state index in [-0.39, 0.29) is 46.6 Å². The molecule has 1 aromatic carbocycles. The van der Waals surface area contributed by atoms with Gasteiger partial charge in [0.25, 0.3) is 0 Å². The molecule has 2 heterocycles. The first-order chi connectivity index (χ1) is 14.7. The Bertz CT molecular complexity index is 1190. The summed E-state index contributed by atoms with van der Waals surface area (Å²) in [4.78, 5) is 33.0. The topological polar surface area (TPSA) is 189 Å². The maximum absolute atomic E-state index is 11.4. The van der Waals surface area contributed by atoms with Crippen LogP contribution in [0.3, 0.4) is 0 Å². The lowest BCUT2D eigenvalue weighted by atomic mass is 10.1. The lowest BCUT2D eigenvalue weighted by Crippen LogP contribution is -2.11. The third kappa shape index (κ3) is 4.70. The summed E-state index contributed by atoms with van der Waals surface area (Å²) in [6, 6.07) is 4.47. The molecule has 0 spiro atoms. The normalized spacial score (nSPS) is 10.6. The van der Waals surface area contributed by atoms with E-state index in [1.165, 1.54) is 30.6 Å². The van der Waals surface area contributed by atoms with Gasteiger partial charge >= 0.3 is 11.5 Å². The molecule has 5 N–H and O–H groups in total. The molecule has 31 heavy (non-hydrogen) atoms. The number of pyridine rings is 1. The molecule has 0 bridgehead atoms. The number of anilines is 3. The predicted molar refractivity (Wildman–Crippen MR) is 116 cm³/mol. The summed E-state index contributed by atoms with van der Waals surface area (Å²) < 4.78 is 0. The van der Waals surface area contributed by atoms with Crippen molar-refractivity contribution >= 4 is 52.0 Å². The third-order valence-electron chi connectivity index (χ3n) is 4.20. The van der Waals surface area contributed by atoms with Crippen LogP contribution in [0.15, 0.2) is 30.6 Å². The van der Waals surface area contributed by atoms with Gasteiger partial charge in [0.2, 0.25) is 5.82 Å². The van der Waals surface area contributed by atoms with Crippen LogP contribution in [0.4, 0.5) is 28.8 Å². The van der Waals surface area contributed by atoms with Gasteiger partial charge in [-0.25, -0.2) is 9.97 Å². The summed E-state index contributed by atoms with van der Waals surface area (Å²) >= 11 is 12.1. The van der Waals surface area contributed by atoms with Crippen LogP contribution in [-0.2, 0) is 6.42 Å². The van der Waals surface area contributed by atoms with Gasteiger partial charge in [-0.2, -0.15) is 0 Å². The van der Waals surface area contributed by atoms with Crippen LogP contribution in [0.2, 0.25) is 10.0 Å². The highest BCUT2D eigenvalue weighted by Crippen LogP contribution is 2.34. The van der Waals surface area contributed by atoms with E-state index in [0.29, 0.717) is 10.6 Å². The molecule has 3 rings (SSSR count). The molecule has 0 saturated heterocycles. The molecule has 0 atom stereocenters. The zero-order valence-corrected chi connectivity index (χ0v) is 17.1. The summed E-state index contributed by atoms with van der Waals surface area (Å²) in [6.45, 7) is 0.229. The van der Waals surface area contributed by atoms with Crippen molar-refractivity contribution in [2.45, 2.75) is 6.42 Å². The smallest absolute Gasteiger partial charge is 0.390 e. The fourth-order valence-electron chi connectivity index (χ4n) is 2.75. The van der Waals surface area contributed by atoms with Crippen molar-refractivity contribution in [1.29, 1.82) is 0 Å². The molecule has 12 nitrogen and oxygen atoms in total. The van der Waals surface area contributed by atoms with Gasteiger partial charge in [-0.05, 0) is 34.5 Å². The molecule has 0 unspecified atom stereocenters. The molecule has 160 valence electrons. The van der Waals surface area contributed by atoms with E-state index in [9.17, 15) is 20.2 Å². The van der Waals surface area contributed by atoms with Crippen LogP contribution >= 0.6 is 23.2 Å². The average Bonchev–Trinajstić information content (AvgIpc) is 2.69. The number of hydrogen-bond donors (Lipinski definition) is 3. The highest BCUT2D eigenvalue weighted by Gasteiger charge is 2.23. The molecule has 2 aromatic heterocycles. The number of nitro groups is 2. The van der Waals surface area contributed by atoms with Gasteiger partial charge in [0, 0.05) is 28.9 Å². The van der Waals surface area contributed by atoms with Crippen LogP contribution in [0.25, 0.3) is 11.3 Å². The Hall–Kier alpha value is -3.77. The zero-order valence-electron chi connectivity index (χ0n) is 15.6. The van der Waals surface area contributed by atoms with Crippen LogP contribution in [-0.4, -0.2) is 31.3 Å². The number of halogens is 2. The minimum atomic E-state index is -0.696. The van der Waals surface area contributed by atoms with E-state index in [0.717, 1.165) is 0 Å². The minimum absolute atomic E-state index is 0.0408. The SMILES string of the molecule is Nc1ncc(CCNc2cnc([N+](=O)[O-])c(-c3ccc(Cl)cc3Cl)n2)c(N)c1[N+](=O)[O-]. The van der Waals surface area contributed by atoms with Gasteiger partial charge in [0.05, 0.1) is 9.95 Å². The fourth-order valence-corrected chi connectivity index (χ4v) is 3.25. The van der Waals surface area contributed by atoms with Crippen LogP contribution in [0.1, 0.15) is 5.56 Å². The van der Waals surface area contributed by atoms with Gasteiger partial charge in [-0.3, -0.25) is 10.1 Å². The van der Waals surface area contributed by atoms with Crippen molar-refractivity contribution in [2.24, 2.45) is 0 Å². The Kier molecular flexibility index (Phi) is 6.32. The quantitative estimate of drug-likeness (QED) is 0.344. The molecule has 0 aliphatic heterocycles. The van der Waals surface area contributed by atoms with E-state index in [2.05, 4.69) is 20.3 Å². The second kappa shape index (κ2) is 8.93. The maximum Gasteiger partial charge on any atom is 0.390 e. The second-order valence-electron chi connectivity index (χ2n) is 6.17. The van der Waals surface area contributed by atoms with E-state index in [4.69, 9.17) is 34.7 Å². The molecule has 0 aliphatic rings. The van der Waals surface area contributed by atoms with E-state index in [1.807, 2.05) is 0 Å². The van der Waals surface area contributed by atoms with Gasteiger partial charge < -0.3 is 26.9 Å². The largest absolute Gasteiger partial charge is 0.393 e. The average molecular weight is 465 g/mol. The highest BCUT2D eigenvalue weighted by atomic mass is 35.5. The monoisotopic (exact) mass is 464 g/mol. The zero-order chi connectivity index (χ0) is 22.7. The Labute approximate surface area is 184 Å². The van der Waals surface area contributed by atoms with Gasteiger partial charge in [0.15, 0.2) is 17.7 Å². The molecule has 3 aromatic rings. The van der Waals surface area contributed by atoms with Crippen LogP contribution in [0, 0.1) is 20.2 Å². The Morgan fingerprint density at radius 2 is 1.81 bits per heavy atom. The van der Waals surface area contributed by atoms with Gasteiger partial charge in [-0.1, -0.05) is 23.2 Å². The Balaban J connectivity index is 1.84. The van der Waals surface area contributed by atoms with Crippen molar-refractivity contribution in [3.05, 3.63) is 66.4 Å².